The molecule has 1 aromatic carbocycles. The first-order valence-corrected chi connectivity index (χ1v) is 9.02. The third kappa shape index (κ3) is 3.75. The summed E-state index contributed by atoms with van der Waals surface area (Å²) in [6, 6.07) is 5.69. The highest BCUT2D eigenvalue weighted by molar-refractivity contribution is 6.38. The van der Waals surface area contributed by atoms with E-state index in [1.165, 1.54) is 0 Å². The monoisotopic (exact) mass is 389 g/mol. The molecule has 0 bridgehead atoms. The summed E-state index contributed by atoms with van der Waals surface area (Å²) in [6.45, 7) is 2.40. The summed E-state index contributed by atoms with van der Waals surface area (Å²) in [7, 11) is 0. The minimum atomic E-state index is 0.616. The van der Waals surface area contributed by atoms with Crippen molar-refractivity contribution in [3.05, 3.63) is 46.3 Å². The van der Waals surface area contributed by atoms with Gasteiger partial charge in [0.15, 0.2) is 11.3 Å². The van der Waals surface area contributed by atoms with Gasteiger partial charge in [0.1, 0.15) is 0 Å². The molecule has 4 rings (SSSR count). The van der Waals surface area contributed by atoms with E-state index in [9.17, 15) is 0 Å². The van der Waals surface area contributed by atoms with Gasteiger partial charge in [-0.3, -0.25) is 0 Å². The maximum atomic E-state index is 6.21. The molecular formula is C17H17Cl2N7. The fourth-order valence-electron chi connectivity index (χ4n) is 2.79. The lowest BCUT2D eigenvalue weighted by atomic mass is 10.2. The van der Waals surface area contributed by atoms with Crippen LogP contribution in [0.5, 0.6) is 0 Å². The van der Waals surface area contributed by atoms with Gasteiger partial charge in [-0.25, -0.2) is 9.97 Å². The molecule has 26 heavy (non-hydrogen) atoms. The van der Waals surface area contributed by atoms with Gasteiger partial charge >= 0.3 is 0 Å². The van der Waals surface area contributed by atoms with Gasteiger partial charge in [0.25, 0.3) is 0 Å². The summed E-state index contributed by atoms with van der Waals surface area (Å²) in [5.74, 6) is 0.688. The molecule has 4 aromatic rings. The van der Waals surface area contributed by atoms with E-state index in [4.69, 9.17) is 23.2 Å². The lowest BCUT2D eigenvalue weighted by Gasteiger charge is -2.04. The molecule has 0 spiro atoms. The van der Waals surface area contributed by atoms with Gasteiger partial charge in [0, 0.05) is 47.1 Å². The zero-order chi connectivity index (χ0) is 17.9. The number of halogens is 2. The highest BCUT2D eigenvalue weighted by Gasteiger charge is 2.06. The number of hydrogen-bond acceptors (Lipinski definition) is 5. The van der Waals surface area contributed by atoms with Gasteiger partial charge in [0.2, 0.25) is 5.95 Å². The summed E-state index contributed by atoms with van der Waals surface area (Å²) < 4.78 is 0. The number of rotatable bonds is 7. The zero-order valence-electron chi connectivity index (χ0n) is 13.8. The Bertz CT molecular complexity index is 1010. The van der Waals surface area contributed by atoms with Crippen molar-refractivity contribution in [3.63, 3.8) is 0 Å². The number of imidazole rings is 1. The summed E-state index contributed by atoms with van der Waals surface area (Å²) >= 11 is 12.2. The van der Waals surface area contributed by atoms with E-state index in [1.807, 2.05) is 12.1 Å². The van der Waals surface area contributed by atoms with Crippen molar-refractivity contribution in [1.29, 1.82) is 0 Å². The molecule has 4 N–H and O–H groups in total. The second-order valence-corrected chi connectivity index (χ2v) is 6.76. The number of aromatic amines is 2. The number of nitrogens with zero attached hydrogens (tertiary/aromatic N) is 3. The van der Waals surface area contributed by atoms with E-state index < -0.39 is 0 Å². The van der Waals surface area contributed by atoms with Gasteiger partial charge in [0.05, 0.1) is 5.02 Å². The van der Waals surface area contributed by atoms with Crippen molar-refractivity contribution in [2.24, 2.45) is 0 Å². The summed E-state index contributed by atoms with van der Waals surface area (Å²) in [5, 5.41) is 8.93. The van der Waals surface area contributed by atoms with Crippen molar-refractivity contribution >= 4 is 51.3 Å². The lowest BCUT2D eigenvalue weighted by Crippen LogP contribution is -2.18. The van der Waals surface area contributed by atoms with Gasteiger partial charge in [-0.2, -0.15) is 4.98 Å². The molecule has 0 unspecified atom stereocenters. The molecular weight excluding hydrogens is 373 g/mol. The van der Waals surface area contributed by atoms with E-state index in [1.54, 1.807) is 18.5 Å². The number of hydrogen-bond donors (Lipinski definition) is 4. The van der Waals surface area contributed by atoms with Crippen LogP contribution in [0.1, 0.15) is 12.1 Å². The van der Waals surface area contributed by atoms with Gasteiger partial charge in [-0.1, -0.05) is 23.2 Å². The average Bonchev–Trinajstić information content (AvgIpc) is 3.21. The Morgan fingerprint density at radius 2 is 1.88 bits per heavy atom. The van der Waals surface area contributed by atoms with E-state index in [2.05, 4.69) is 35.6 Å². The maximum Gasteiger partial charge on any atom is 0.203 e. The van der Waals surface area contributed by atoms with Crippen LogP contribution in [0.15, 0.2) is 30.6 Å². The SMILES string of the molecule is Clc1cc(Cl)c2cc(CNCCCNc3nc4nccnc4[nH]3)[nH]c2c1. The highest BCUT2D eigenvalue weighted by Crippen LogP contribution is 2.28. The Morgan fingerprint density at radius 3 is 2.77 bits per heavy atom. The predicted octanol–water partition coefficient (Wildman–Crippen LogP) is 3.73. The van der Waals surface area contributed by atoms with Crippen molar-refractivity contribution < 1.29 is 0 Å². The minimum absolute atomic E-state index is 0.616. The van der Waals surface area contributed by atoms with E-state index in [0.29, 0.717) is 27.3 Å². The van der Waals surface area contributed by atoms with Crippen LogP contribution in [0, 0.1) is 0 Å². The third-order valence-electron chi connectivity index (χ3n) is 3.98. The summed E-state index contributed by atoms with van der Waals surface area (Å²) in [5.41, 5.74) is 3.33. The van der Waals surface area contributed by atoms with Gasteiger partial charge in [-0.15, -0.1) is 0 Å². The van der Waals surface area contributed by atoms with Crippen LogP contribution in [0.4, 0.5) is 5.95 Å². The van der Waals surface area contributed by atoms with Gasteiger partial charge in [-0.05, 0) is 31.2 Å². The number of aromatic nitrogens is 5. The molecule has 0 atom stereocenters. The first-order valence-electron chi connectivity index (χ1n) is 8.27. The second-order valence-electron chi connectivity index (χ2n) is 5.91. The Balaban J connectivity index is 1.23. The molecule has 0 radical (unpaired) electrons. The van der Waals surface area contributed by atoms with E-state index in [0.717, 1.165) is 42.7 Å². The smallest absolute Gasteiger partial charge is 0.203 e. The normalized spacial score (nSPS) is 11.5. The first kappa shape index (κ1) is 17.1. The van der Waals surface area contributed by atoms with Crippen LogP contribution in [0.3, 0.4) is 0 Å². The quantitative estimate of drug-likeness (QED) is 0.361. The van der Waals surface area contributed by atoms with Gasteiger partial charge < -0.3 is 20.6 Å². The molecule has 0 saturated heterocycles. The summed E-state index contributed by atoms with van der Waals surface area (Å²) in [4.78, 5) is 19.1. The predicted molar refractivity (Wildman–Crippen MR) is 105 cm³/mol. The summed E-state index contributed by atoms with van der Waals surface area (Å²) in [6.07, 6.45) is 4.21. The third-order valence-corrected chi connectivity index (χ3v) is 4.51. The van der Waals surface area contributed by atoms with Crippen molar-refractivity contribution in [2.75, 3.05) is 18.4 Å². The zero-order valence-corrected chi connectivity index (χ0v) is 15.3. The van der Waals surface area contributed by atoms with Crippen LogP contribution >= 0.6 is 23.2 Å². The fourth-order valence-corrected chi connectivity index (χ4v) is 3.34. The first-order chi connectivity index (χ1) is 12.7. The Morgan fingerprint density at radius 1 is 1.00 bits per heavy atom. The van der Waals surface area contributed by atoms with E-state index in [-0.39, 0.29) is 0 Å². The molecule has 0 aliphatic heterocycles. The molecule has 3 aromatic heterocycles. The van der Waals surface area contributed by atoms with Crippen molar-refractivity contribution in [2.45, 2.75) is 13.0 Å². The molecule has 3 heterocycles. The molecule has 0 saturated carbocycles. The van der Waals surface area contributed by atoms with Crippen molar-refractivity contribution in [3.8, 4) is 0 Å². The Hall–Kier alpha value is -2.35. The topological polar surface area (TPSA) is 94.3 Å². The average molecular weight is 390 g/mol. The molecule has 9 heteroatoms. The number of benzene rings is 1. The van der Waals surface area contributed by atoms with Crippen LogP contribution < -0.4 is 10.6 Å². The Labute approximate surface area is 159 Å². The number of H-pyrrole nitrogens is 2. The molecule has 134 valence electrons. The van der Waals surface area contributed by atoms with Crippen LogP contribution in [-0.2, 0) is 6.54 Å². The number of fused-ring (bicyclic) bond motifs is 2. The molecule has 0 amide bonds. The lowest BCUT2D eigenvalue weighted by molar-refractivity contribution is 0.655. The molecule has 0 aliphatic rings. The highest BCUT2D eigenvalue weighted by atomic mass is 35.5. The van der Waals surface area contributed by atoms with E-state index >= 15 is 0 Å². The second kappa shape index (κ2) is 7.49. The van der Waals surface area contributed by atoms with Crippen LogP contribution in [-0.4, -0.2) is 38.0 Å². The molecule has 0 aliphatic carbocycles. The fraction of sp³-hybridized carbons (Fsp3) is 0.235. The van der Waals surface area contributed by atoms with Crippen molar-refractivity contribution in [1.82, 2.24) is 30.2 Å². The largest absolute Gasteiger partial charge is 0.357 e. The maximum absolute atomic E-state index is 6.21. The Kier molecular flexibility index (Phi) is 4.92. The standard InChI is InChI=1S/C17H17Cl2N7/c18-10-6-13(19)12-8-11(24-14(12)7-10)9-20-2-1-3-23-17-25-15-16(26-17)22-5-4-21-15/h4-8,20,24H,1-3,9H2,(H2,21,22,23,25,26). The number of anilines is 1. The van der Waals surface area contributed by atoms with Crippen LogP contribution in [0.2, 0.25) is 10.0 Å². The molecule has 7 nitrogen and oxygen atoms in total. The van der Waals surface area contributed by atoms with Crippen LogP contribution in [0.25, 0.3) is 22.2 Å². The molecule has 0 fully saturated rings. The minimum Gasteiger partial charge on any atom is -0.357 e. The number of nitrogens with one attached hydrogen (secondary N) is 4.